The number of rotatable bonds is 31. The summed E-state index contributed by atoms with van der Waals surface area (Å²) in [7, 11) is -4.67. The zero-order chi connectivity index (χ0) is 70.2. The normalized spacial score (nSPS) is 24.2. The van der Waals surface area contributed by atoms with Crippen LogP contribution in [0.2, 0.25) is 0 Å². The minimum absolute atomic E-state index is 0.00393. The molecule has 0 bridgehead atoms. The van der Waals surface area contributed by atoms with Gasteiger partial charge in [-0.1, -0.05) is 6.92 Å². The van der Waals surface area contributed by atoms with Crippen LogP contribution in [0.4, 0.5) is 10.6 Å². The van der Waals surface area contributed by atoms with E-state index < -0.39 is 193 Å². The fraction of sp³-hybridized carbons (Fsp3) is 0.580. The SMILES string of the molecule is Cc1c(N)nc(C(CC(N)=O)NCC(N)C(N)=O)nc1C(=O)NC(C(=O)NC(C)C(O)C(C)C(=O)NC(C(=O)NCCc1nc(-c2nc(C=O)cs2)cs1)C(C)O)C(O[C@@H]1O[C@@H](CO)[C@@H](O)[C@@H](O)[C@@H]1O[C@H]1O[C@H](CO)[C@@H](O)[C@H](OC(N)=O)[C@@H]1O)c1cnc[nH]1.O=S(=O)(O)O. The number of ether oxygens (including phenoxy) is 5. The Labute approximate surface area is 540 Å². The molecule has 9 unspecified atom stereocenters. The molecule has 0 saturated carbocycles. The molecule has 4 aromatic rings. The maximum Gasteiger partial charge on any atom is 0.404 e. The highest BCUT2D eigenvalue weighted by Gasteiger charge is 2.54. The van der Waals surface area contributed by atoms with Gasteiger partial charge in [-0.2, -0.15) is 8.42 Å². The molecule has 2 aliphatic rings. The molecule has 7 amide bonds. The fourth-order valence-electron chi connectivity index (χ4n) is 9.11. The molecule has 0 radical (unpaired) electrons. The number of nitrogen functional groups attached to an aromatic ring is 1. The van der Waals surface area contributed by atoms with E-state index in [9.17, 15) is 74.4 Å². The van der Waals surface area contributed by atoms with Gasteiger partial charge in [-0.25, -0.2) is 29.7 Å². The Hall–Kier alpha value is -7.58. The number of carbonyl (C=O) groups is 8. The van der Waals surface area contributed by atoms with E-state index in [0.29, 0.717) is 22.0 Å². The number of nitrogens with one attached hydrogen (secondary N) is 6. The van der Waals surface area contributed by atoms with E-state index in [4.69, 9.17) is 69.9 Å². The van der Waals surface area contributed by atoms with Gasteiger partial charge < -0.3 is 125 Å². The van der Waals surface area contributed by atoms with Crippen LogP contribution in [0.5, 0.6) is 0 Å². The van der Waals surface area contributed by atoms with Crippen LogP contribution in [-0.4, -0.2) is 260 Å². The Morgan fingerprint density at radius 1 is 0.819 bits per heavy atom. The molecule has 94 heavy (non-hydrogen) atoms. The Morgan fingerprint density at radius 3 is 2.04 bits per heavy atom. The quantitative estimate of drug-likeness (QED) is 0.0164. The van der Waals surface area contributed by atoms with Crippen molar-refractivity contribution in [2.24, 2.45) is 28.9 Å². The van der Waals surface area contributed by atoms with Crippen molar-refractivity contribution in [2.75, 3.05) is 32.0 Å². The van der Waals surface area contributed by atoms with Crippen LogP contribution in [0, 0.1) is 12.8 Å². The summed E-state index contributed by atoms with van der Waals surface area (Å²) in [6.07, 6.45) is -24.4. The summed E-state index contributed by atoms with van der Waals surface area (Å²) in [5.74, 6) is -8.37. The number of aliphatic hydroxyl groups excluding tert-OH is 8. The van der Waals surface area contributed by atoms with Gasteiger partial charge in [-0.15, -0.1) is 22.7 Å². The van der Waals surface area contributed by atoms with Gasteiger partial charge in [0.05, 0.1) is 72.7 Å². The number of H-pyrrole nitrogens is 1. The van der Waals surface area contributed by atoms with Gasteiger partial charge in [0.25, 0.3) is 5.91 Å². The number of nitrogens with two attached hydrogens (primary N) is 5. The van der Waals surface area contributed by atoms with Crippen molar-refractivity contribution < 1.29 is 120 Å². The maximum atomic E-state index is 15.1. The molecule has 41 nitrogen and oxygen atoms in total. The van der Waals surface area contributed by atoms with E-state index in [1.54, 1.807) is 10.8 Å². The highest BCUT2D eigenvalue weighted by molar-refractivity contribution is 7.79. The number of aromatic amines is 1. The minimum atomic E-state index is -4.67. The van der Waals surface area contributed by atoms with Crippen LogP contribution >= 0.6 is 22.7 Å². The zero-order valence-corrected chi connectivity index (χ0v) is 52.5. The number of carbonyl (C=O) groups excluding carboxylic acids is 8. The summed E-state index contributed by atoms with van der Waals surface area (Å²) in [6, 6.07) is -7.82. The lowest BCUT2D eigenvalue weighted by Crippen LogP contribution is -2.65. The van der Waals surface area contributed by atoms with Gasteiger partial charge in [0.1, 0.15) is 94.6 Å². The minimum Gasteiger partial charge on any atom is -0.441 e. The largest absolute Gasteiger partial charge is 0.441 e. The second kappa shape index (κ2) is 34.7. The number of thiazole rings is 2. The predicted octanol–water partition coefficient (Wildman–Crippen LogP) is -8.54. The summed E-state index contributed by atoms with van der Waals surface area (Å²) >= 11 is 2.50. The predicted molar refractivity (Wildman–Crippen MR) is 317 cm³/mol. The van der Waals surface area contributed by atoms with Crippen molar-refractivity contribution in [3.63, 3.8) is 0 Å². The Morgan fingerprint density at radius 2 is 1.47 bits per heavy atom. The first-order valence-electron chi connectivity index (χ1n) is 27.9. The highest BCUT2D eigenvalue weighted by Crippen LogP contribution is 2.35. The molecule has 522 valence electrons. The number of hydrogen-bond donors (Lipinski definition) is 21. The Kier molecular flexibility index (Phi) is 28.5. The Balaban J connectivity index is 0.00000308. The molecule has 0 aliphatic carbocycles. The molecule has 44 heteroatoms. The molecule has 2 aliphatic heterocycles. The smallest absolute Gasteiger partial charge is 0.404 e. The van der Waals surface area contributed by atoms with Crippen molar-refractivity contribution in [3.8, 4) is 10.7 Å². The summed E-state index contributed by atoms with van der Waals surface area (Å²) in [5.41, 5.74) is 28.0. The molecule has 0 spiro atoms. The van der Waals surface area contributed by atoms with Crippen LogP contribution < -0.4 is 55.3 Å². The van der Waals surface area contributed by atoms with Gasteiger partial charge >= 0.3 is 16.5 Å². The van der Waals surface area contributed by atoms with E-state index in [2.05, 4.69) is 56.5 Å². The fourth-order valence-corrected chi connectivity index (χ4v) is 10.7. The van der Waals surface area contributed by atoms with Crippen molar-refractivity contribution in [2.45, 2.75) is 150 Å². The number of anilines is 1. The van der Waals surface area contributed by atoms with Crippen LogP contribution in [0.3, 0.4) is 0 Å². The highest BCUT2D eigenvalue weighted by atomic mass is 32.3. The molecule has 4 aromatic heterocycles. The van der Waals surface area contributed by atoms with Crippen LogP contribution in [0.1, 0.15) is 82.4 Å². The van der Waals surface area contributed by atoms with E-state index in [-0.39, 0.29) is 48.1 Å². The van der Waals surface area contributed by atoms with E-state index in [0.717, 1.165) is 12.5 Å². The third kappa shape index (κ3) is 21.2. The lowest BCUT2D eigenvalue weighted by Gasteiger charge is -2.47. The molecular weight excluding hydrogens is 1320 g/mol. The van der Waals surface area contributed by atoms with Gasteiger partial charge in [0, 0.05) is 42.3 Å². The molecule has 2 fully saturated rings. The standard InChI is InChI=1S/C50H72N16O21S2.H2O4S/c1-16-29(63-42(66-40(16)53)22(7-27(52)71)58-8-21(51)41(54)77)45(80)65-31(37(23-9-56-15-59-23)85-49-39(35(75)33(73)25(11-68)84-49)86-48-36(76)38(87-50(55)82)34(74)26(12-69)83-48)46(81)60-18(3)32(72)17(2)43(78)64-30(19(4)70)44(79)57-6-5-28-62-24(14-88-28)47-61-20(10-67)13-89-47;1-5(2,3)4/h9-10,13-15,17-19,21-22,25-26,30-39,48-49,58,68-70,72-76H,5-8,11-12,51H2,1-4H3,(H2,52,71)(H2,54,77)(H2,55,82)(H,56,59)(H,57,79)(H,60,81)(H,64,78)(H,65,80)(H2,53,63,66);(H2,1,2,3,4)/t17?,18?,19?,21?,22?,25-,26+,30?,31?,32?,33+,34+,35+,36-,37?,38-,39-,48+,49-;/m0./s1. The number of aromatic nitrogens is 6. The zero-order valence-electron chi connectivity index (χ0n) is 50.0. The number of nitrogens with zero attached hydrogens (tertiary/aromatic N) is 5. The first kappa shape index (κ1) is 77.1. The van der Waals surface area contributed by atoms with Crippen LogP contribution in [0.15, 0.2) is 23.3 Å². The second-order valence-electron chi connectivity index (χ2n) is 21.1. The van der Waals surface area contributed by atoms with Crippen LogP contribution in [-0.2, 0) is 64.5 Å². The first-order valence-corrected chi connectivity index (χ1v) is 31.1. The number of amides is 7. The summed E-state index contributed by atoms with van der Waals surface area (Å²) in [4.78, 5) is 128. The molecule has 2 saturated heterocycles. The number of hydrogen-bond acceptors (Lipinski definition) is 33. The molecule has 19 atom stereocenters. The topological polar surface area (TPSA) is 690 Å². The van der Waals surface area contributed by atoms with Gasteiger partial charge in [0.15, 0.2) is 25.0 Å². The van der Waals surface area contributed by atoms with Gasteiger partial charge in [-0.3, -0.25) is 42.7 Å². The number of imidazole rings is 1. The summed E-state index contributed by atoms with van der Waals surface area (Å²) in [6.45, 7) is 2.65. The molecule has 26 N–H and O–H groups in total. The van der Waals surface area contributed by atoms with Crippen LogP contribution in [0.25, 0.3) is 10.7 Å². The summed E-state index contributed by atoms with van der Waals surface area (Å²) in [5, 5.41) is 105. The van der Waals surface area contributed by atoms with Crippen molar-refractivity contribution in [1.29, 1.82) is 0 Å². The molecule has 6 heterocycles. The van der Waals surface area contributed by atoms with Crippen molar-refractivity contribution in [1.82, 2.24) is 56.5 Å². The van der Waals surface area contributed by atoms with E-state index in [1.807, 2.05) is 0 Å². The van der Waals surface area contributed by atoms with Gasteiger partial charge in [-0.05, 0) is 20.8 Å². The van der Waals surface area contributed by atoms with Gasteiger partial charge in [0.2, 0.25) is 29.5 Å². The average Bonchev–Trinajstić information content (AvgIpc) is 0.868. The third-order valence-corrected chi connectivity index (χ3v) is 16.0. The maximum absolute atomic E-state index is 15.1. The third-order valence-electron chi connectivity index (χ3n) is 14.2. The molecular formula is C50H74N16O25S3. The number of primary amides is 3. The monoisotopic (exact) mass is 1390 g/mol. The average molecular weight is 1400 g/mol. The lowest BCUT2D eigenvalue weighted by molar-refractivity contribution is -0.372. The number of aliphatic hydroxyl groups is 8. The number of aldehydes is 1. The lowest BCUT2D eigenvalue weighted by atomic mass is 9.96. The second-order valence-corrected chi connectivity index (χ2v) is 23.8. The van der Waals surface area contributed by atoms with Crippen molar-refractivity contribution >= 4 is 86.7 Å². The summed E-state index contributed by atoms with van der Waals surface area (Å²) < 4.78 is 60.2. The van der Waals surface area contributed by atoms with E-state index in [1.165, 1.54) is 50.4 Å². The van der Waals surface area contributed by atoms with Crippen molar-refractivity contribution in [3.05, 3.63) is 56.8 Å². The Bertz CT molecular complexity index is 3340. The molecule has 0 aromatic carbocycles. The molecule has 6 rings (SSSR count). The van der Waals surface area contributed by atoms with E-state index >= 15 is 4.79 Å². The first-order chi connectivity index (χ1) is 44.1.